The van der Waals surface area contributed by atoms with E-state index in [1.165, 1.54) is 6.92 Å². The molecule has 64 valence electrons. The predicted octanol–water partition coefficient (Wildman–Crippen LogP) is 1.46. The molecule has 0 aromatic carbocycles. The highest BCUT2D eigenvalue weighted by Gasteiger charge is 2.56. The molecule has 0 bridgehead atoms. The Morgan fingerprint density at radius 1 is 1.55 bits per heavy atom. The molecule has 1 aliphatic heterocycles. The Morgan fingerprint density at radius 3 is 2.36 bits per heavy atom. The van der Waals surface area contributed by atoms with Crippen LogP contribution in [-0.2, 0) is 14.3 Å². The van der Waals surface area contributed by atoms with Gasteiger partial charge in [0.15, 0.2) is 0 Å². The normalized spacial score (nSPS) is 26.3. The second-order valence-corrected chi connectivity index (χ2v) is 2.83. The van der Waals surface area contributed by atoms with Crippen molar-refractivity contribution in [3.8, 4) is 0 Å². The number of hydrogen-bond acceptors (Lipinski definition) is 3. The fourth-order valence-corrected chi connectivity index (χ4v) is 1.21. The zero-order valence-electron chi connectivity index (χ0n) is 7.22. The van der Waals surface area contributed by atoms with E-state index in [9.17, 15) is 4.79 Å². The van der Waals surface area contributed by atoms with Gasteiger partial charge in [0.1, 0.15) is 5.60 Å². The van der Waals surface area contributed by atoms with E-state index < -0.39 is 0 Å². The molecule has 0 aliphatic carbocycles. The highest BCUT2D eigenvalue weighted by atomic mass is 16.8. The van der Waals surface area contributed by atoms with Crippen LogP contribution < -0.4 is 0 Å². The largest absolute Gasteiger partial charge is 0.433 e. The number of rotatable bonds is 3. The maximum Gasteiger partial charge on any atom is 0.305 e. The molecule has 0 aromatic heterocycles. The Morgan fingerprint density at radius 2 is 2.09 bits per heavy atom. The predicted molar refractivity (Wildman–Crippen MR) is 40.0 cm³/mol. The van der Waals surface area contributed by atoms with Gasteiger partial charge in [-0.3, -0.25) is 4.79 Å². The Kier molecular flexibility index (Phi) is 2.18. The van der Waals surface area contributed by atoms with Crippen molar-refractivity contribution in [3.05, 3.63) is 0 Å². The quantitative estimate of drug-likeness (QED) is 0.461. The maximum absolute atomic E-state index is 10.5. The van der Waals surface area contributed by atoms with Crippen LogP contribution in [0, 0.1) is 0 Å². The fraction of sp³-hybridized carbons (Fsp3) is 0.875. The zero-order chi connectivity index (χ0) is 8.48. The van der Waals surface area contributed by atoms with E-state index in [0.29, 0.717) is 0 Å². The van der Waals surface area contributed by atoms with Crippen LogP contribution in [0.1, 0.15) is 33.6 Å². The fourth-order valence-electron chi connectivity index (χ4n) is 1.21. The summed E-state index contributed by atoms with van der Waals surface area (Å²) in [6, 6.07) is 0. The minimum Gasteiger partial charge on any atom is -0.433 e. The number of carbonyl (C=O) groups is 1. The van der Waals surface area contributed by atoms with Gasteiger partial charge >= 0.3 is 5.97 Å². The van der Waals surface area contributed by atoms with Crippen molar-refractivity contribution in [2.24, 2.45) is 0 Å². The summed E-state index contributed by atoms with van der Waals surface area (Å²) in [6.45, 7) is 5.47. The molecule has 0 aromatic rings. The monoisotopic (exact) mass is 158 g/mol. The highest BCUT2D eigenvalue weighted by Crippen LogP contribution is 2.43. The van der Waals surface area contributed by atoms with E-state index in [2.05, 4.69) is 0 Å². The molecule has 0 N–H and O–H groups in total. The topological polar surface area (TPSA) is 38.8 Å². The number of epoxide rings is 1. The third-order valence-corrected chi connectivity index (χ3v) is 2.18. The molecule has 0 amide bonds. The first-order valence-electron chi connectivity index (χ1n) is 3.99. The zero-order valence-corrected chi connectivity index (χ0v) is 7.22. The first-order valence-corrected chi connectivity index (χ1v) is 3.99. The van der Waals surface area contributed by atoms with Gasteiger partial charge in [0, 0.05) is 6.92 Å². The van der Waals surface area contributed by atoms with Gasteiger partial charge in [-0.2, -0.15) is 0 Å². The average molecular weight is 158 g/mol. The molecule has 3 heteroatoms. The van der Waals surface area contributed by atoms with Crippen molar-refractivity contribution >= 4 is 5.97 Å². The lowest BCUT2D eigenvalue weighted by atomic mass is 10.0. The second-order valence-electron chi connectivity index (χ2n) is 2.83. The van der Waals surface area contributed by atoms with Gasteiger partial charge in [-0.05, 0) is 12.8 Å². The SMILES string of the molecule is CCC1(CC)OC1OC(C)=O. The summed E-state index contributed by atoms with van der Waals surface area (Å²) in [6.07, 6.45) is 1.53. The second kappa shape index (κ2) is 2.81. The van der Waals surface area contributed by atoms with E-state index in [4.69, 9.17) is 9.47 Å². The van der Waals surface area contributed by atoms with Gasteiger partial charge in [-0.1, -0.05) is 13.8 Å². The summed E-state index contributed by atoms with van der Waals surface area (Å²) in [5.74, 6) is -0.265. The molecule has 3 nitrogen and oxygen atoms in total. The van der Waals surface area contributed by atoms with Gasteiger partial charge in [0.25, 0.3) is 0 Å². The first kappa shape index (κ1) is 8.53. The summed E-state index contributed by atoms with van der Waals surface area (Å²) in [7, 11) is 0. The Labute approximate surface area is 66.7 Å². The summed E-state index contributed by atoms with van der Waals surface area (Å²) in [4.78, 5) is 10.5. The van der Waals surface area contributed by atoms with Gasteiger partial charge < -0.3 is 9.47 Å². The molecule has 1 rings (SSSR count). The highest BCUT2D eigenvalue weighted by molar-refractivity contribution is 5.66. The standard InChI is InChI=1S/C8H14O3/c1-4-8(5-2)7(11-8)10-6(3)9/h7H,4-5H2,1-3H3. The minimum atomic E-state index is -0.282. The smallest absolute Gasteiger partial charge is 0.305 e. The van der Waals surface area contributed by atoms with Crippen molar-refractivity contribution in [1.82, 2.24) is 0 Å². The number of esters is 1. The molecule has 1 heterocycles. The van der Waals surface area contributed by atoms with Crippen LogP contribution >= 0.6 is 0 Å². The molecule has 0 saturated carbocycles. The van der Waals surface area contributed by atoms with Gasteiger partial charge in [-0.15, -0.1) is 0 Å². The van der Waals surface area contributed by atoms with E-state index in [1.54, 1.807) is 0 Å². The number of carbonyl (C=O) groups excluding carboxylic acids is 1. The van der Waals surface area contributed by atoms with Crippen LogP contribution in [0.15, 0.2) is 0 Å². The Bertz CT molecular complexity index is 161. The molecule has 0 spiro atoms. The molecule has 11 heavy (non-hydrogen) atoms. The Hall–Kier alpha value is -0.570. The van der Waals surface area contributed by atoms with E-state index in [0.717, 1.165) is 12.8 Å². The van der Waals surface area contributed by atoms with Crippen molar-refractivity contribution < 1.29 is 14.3 Å². The molecule has 0 radical (unpaired) electrons. The lowest BCUT2D eigenvalue weighted by Gasteiger charge is -2.04. The van der Waals surface area contributed by atoms with E-state index in [1.807, 2.05) is 13.8 Å². The lowest BCUT2D eigenvalue weighted by molar-refractivity contribution is -0.145. The minimum absolute atomic E-state index is 0.161. The third kappa shape index (κ3) is 1.53. The van der Waals surface area contributed by atoms with Crippen LogP contribution in [-0.4, -0.2) is 17.9 Å². The van der Waals surface area contributed by atoms with E-state index in [-0.39, 0.29) is 17.9 Å². The van der Waals surface area contributed by atoms with E-state index >= 15 is 0 Å². The van der Waals surface area contributed by atoms with Crippen molar-refractivity contribution in [2.75, 3.05) is 0 Å². The molecular weight excluding hydrogens is 144 g/mol. The summed E-state index contributed by atoms with van der Waals surface area (Å²) >= 11 is 0. The lowest BCUT2D eigenvalue weighted by Crippen LogP contribution is -2.16. The van der Waals surface area contributed by atoms with Crippen LogP contribution in [0.25, 0.3) is 0 Å². The molecule has 1 fully saturated rings. The molecule has 1 saturated heterocycles. The summed E-state index contributed by atoms with van der Waals surface area (Å²) in [5.41, 5.74) is -0.161. The van der Waals surface area contributed by atoms with Crippen molar-refractivity contribution in [2.45, 2.75) is 45.5 Å². The van der Waals surface area contributed by atoms with Crippen LogP contribution in [0.3, 0.4) is 0 Å². The van der Waals surface area contributed by atoms with Gasteiger partial charge in [0.05, 0.1) is 0 Å². The van der Waals surface area contributed by atoms with Gasteiger partial charge in [-0.25, -0.2) is 0 Å². The van der Waals surface area contributed by atoms with Crippen LogP contribution in [0.4, 0.5) is 0 Å². The first-order chi connectivity index (χ1) is 5.14. The van der Waals surface area contributed by atoms with Crippen molar-refractivity contribution in [3.63, 3.8) is 0 Å². The summed E-state index contributed by atoms with van der Waals surface area (Å²) in [5, 5.41) is 0. The molecular formula is C8H14O3. The van der Waals surface area contributed by atoms with Crippen LogP contribution in [0.2, 0.25) is 0 Å². The number of hydrogen-bond donors (Lipinski definition) is 0. The summed E-state index contributed by atoms with van der Waals surface area (Å²) < 4.78 is 10.2. The molecule has 1 aliphatic rings. The molecule has 1 unspecified atom stereocenters. The van der Waals surface area contributed by atoms with Gasteiger partial charge in [0.2, 0.25) is 6.29 Å². The number of ether oxygens (including phenoxy) is 2. The third-order valence-electron chi connectivity index (χ3n) is 2.18. The molecule has 1 atom stereocenters. The van der Waals surface area contributed by atoms with Crippen molar-refractivity contribution in [1.29, 1.82) is 0 Å². The maximum atomic E-state index is 10.5. The average Bonchev–Trinajstić information content (AvgIpc) is 2.63. The Balaban J connectivity index is 2.38. The van der Waals surface area contributed by atoms with Crippen LogP contribution in [0.5, 0.6) is 0 Å².